The van der Waals surface area contributed by atoms with Crippen LogP contribution < -0.4 is 5.32 Å². The molecule has 0 amide bonds. The van der Waals surface area contributed by atoms with Crippen LogP contribution in [0.4, 0.5) is 5.82 Å². The normalized spacial score (nSPS) is 23.8. The van der Waals surface area contributed by atoms with Crippen molar-refractivity contribution < 1.29 is 0 Å². The van der Waals surface area contributed by atoms with E-state index in [-0.39, 0.29) is 0 Å². The van der Waals surface area contributed by atoms with Crippen LogP contribution in [0.1, 0.15) is 57.4 Å². The standard InChI is InChI=1S/C18H29N3/c1-2-11-19-18-10-9-15(13-20-18)14-21-12-5-8-17(21)16-6-3-4-7-16/h9-10,13,16-17H,2-8,11-12,14H2,1H3,(H,19,20). The first-order valence-electron chi connectivity index (χ1n) is 8.79. The number of hydrogen-bond acceptors (Lipinski definition) is 3. The molecular weight excluding hydrogens is 258 g/mol. The molecule has 3 heteroatoms. The van der Waals surface area contributed by atoms with Crippen LogP contribution in [0.2, 0.25) is 0 Å². The van der Waals surface area contributed by atoms with E-state index in [9.17, 15) is 0 Å². The van der Waals surface area contributed by atoms with Gasteiger partial charge in [-0.2, -0.15) is 0 Å². The van der Waals surface area contributed by atoms with E-state index in [0.717, 1.165) is 37.3 Å². The summed E-state index contributed by atoms with van der Waals surface area (Å²) in [4.78, 5) is 7.26. The summed E-state index contributed by atoms with van der Waals surface area (Å²) in [6.45, 7) is 5.54. The first-order valence-corrected chi connectivity index (χ1v) is 8.79. The van der Waals surface area contributed by atoms with E-state index < -0.39 is 0 Å². The lowest BCUT2D eigenvalue weighted by atomic mass is 9.96. The third-order valence-corrected chi connectivity index (χ3v) is 5.12. The summed E-state index contributed by atoms with van der Waals surface area (Å²) in [5.74, 6) is 1.97. The summed E-state index contributed by atoms with van der Waals surface area (Å²) in [6.07, 6.45) is 11.8. The molecule has 1 aliphatic carbocycles. The molecular formula is C18H29N3. The molecule has 3 rings (SSSR count). The van der Waals surface area contributed by atoms with Crippen molar-refractivity contribution in [3.05, 3.63) is 23.9 Å². The third kappa shape index (κ3) is 3.76. The lowest BCUT2D eigenvalue weighted by Gasteiger charge is -2.29. The van der Waals surface area contributed by atoms with E-state index in [4.69, 9.17) is 0 Å². The predicted octanol–water partition coefficient (Wildman–Crippen LogP) is 4.06. The van der Waals surface area contributed by atoms with Crippen molar-refractivity contribution in [2.24, 2.45) is 5.92 Å². The molecule has 0 bridgehead atoms. The van der Waals surface area contributed by atoms with Crippen molar-refractivity contribution >= 4 is 5.82 Å². The van der Waals surface area contributed by atoms with E-state index in [1.165, 1.54) is 50.6 Å². The van der Waals surface area contributed by atoms with Crippen LogP contribution in [0.15, 0.2) is 18.3 Å². The maximum Gasteiger partial charge on any atom is 0.125 e. The lowest BCUT2D eigenvalue weighted by molar-refractivity contribution is 0.183. The van der Waals surface area contributed by atoms with Gasteiger partial charge in [0, 0.05) is 25.3 Å². The van der Waals surface area contributed by atoms with Crippen LogP contribution in [-0.4, -0.2) is 29.0 Å². The fourth-order valence-electron chi connectivity index (χ4n) is 4.03. The molecule has 1 saturated carbocycles. The minimum Gasteiger partial charge on any atom is -0.370 e. The van der Waals surface area contributed by atoms with Gasteiger partial charge >= 0.3 is 0 Å². The highest BCUT2D eigenvalue weighted by Crippen LogP contribution is 2.35. The minimum atomic E-state index is 0.838. The Balaban J connectivity index is 1.57. The highest BCUT2D eigenvalue weighted by atomic mass is 15.2. The second-order valence-corrected chi connectivity index (χ2v) is 6.70. The van der Waals surface area contributed by atoms with Crippen LogP contribution in [0.5, 0.6) is 0 Å². The van der Waals surface area contributed by atoms with E-state index in [1.807, 2.05) is 0 Å². The largest absolute Gasteiger partial charge is 0.370 e. The van der Waals surface area contributed by atoms with Crippen molar-refractivity contribution in [3.8, 4) is 0 Å². The number of likely N-dealkylation sites (tertiary alicyclic amines) is 1. The second-order valence-electron chi connectivity index (χ2n) is 6.70. The van der Waals surface area contributed by atoms with Gasteiger partial charge in [0.1, 0.15) is 5.82 Å². The number of hydrogen-bond donors (Lipinski definition) is 1. The topological polar surface area (TPSA) is 28.2 Å². The Bertz CT molecular complexity index is 423. The molecule has 1 unspecified atom stereocenters. The number of nitrogens with one attached hydrogen (secondary N) is 1. The second kappa shape index (κ2) is 7.26. The average Bonchev–Trinajstić information content (AvgIpc) is 3.17. The van der Waals surface area contributed by atoms with Gasteiger partial charge in [0.15, 0.2) is 0 Å². The molecule has 2 fully saturated rings. The number of rotatable bonds is 6. The van der Waals surface area contributed by atoms with Gasteiger partial charge in [0.2, 0.25) is 0 Å². The summed E-state index contributed by atoms with van der Waals surface area (Å²) in [6, 6.07) is 5.21. The van der Waals surface area contributed by atoms with Gasteiger partial charge in [-0.1, -0.05) is 25.8 Å². The Labute approximate surface area is 129 Å². The molecule has 116 valence electrons. The molecule has 1 atom stereocenters. The van der Waals surface area contributed by atoms with E-state index >= 15 is 0 Å². The first kappa shape index (κ1) is 14.8. The maximum atomic E-state index is 4.54. The summed E-state index contributed by atoms with van der Waals surface area (Å²) in [5, 5.41) is 3.34. The van der Waals surface area contributed by atoms with Crippen LogP contribution in [0, 0.1) is 5.92 Å². The zero-order chi connectivity index (χ0) is 14.5. The zero-order valence-corrected chi connectivity index (χ0v) is 13.4. The van der Waals surface area contributed by atoms with Crippen molar-refractivity contribution in [2.75, 3.05) is 18.4 Å². The number of pyridine rings is 1. The van der Waals surface area contributed by atoms with Gasteiger partial charge in [-0.25, -0.2) is 4.98 Å². The minimum absolute atomic E-state index is 0.838. The molecule has 2 heterocycles. The SMILES string of the molecule is CCCNc1ccc(CN2CCCC2C2CCCC2)cn1. The molecule has 1 aromatic rings. The Kier molecular flexibility index (Phi) is 5.13. The van der Waals surface area contributed by atoms with Crippen molar-refractivity contribution in [2.45, 2.75) is 64.5 Å². The number of nitrogens with zero attached hydrogens (tertiary/aromatic N) is 2. The fourth-order valence-corrected chi connectivity index (χ4v) is 4.03. The van der Waals surface area contributed by atoms with E-state index in [0.29, 0.717) is 0 Å². The Morgan fingerprint density at radius 3 is 2.76 bits per heavy atom. The summed E-state index contributed by atoms with van der Waals surface area (Å²) >= 11 is 0. The van der Waals surface area contributed by atoms with Crippen LogP contribution in [0.3, 0.4) is 0 Å². The van der Waals surface area contributed by atoms with Gasteiger partial charge in [-0.3, -0.25) is 4.90 Å². The quantitative estimate of drug-likeness (QED) is 0.855. The Hall–Kier alpha value is -1.09. The van der Waals surface area contributed by atoms with Crippen LogP contribution in [0.25, 0.3) is 0 Å². The molecule has 1 aromatic heterocycles. The van der Waals surface area contributed by atoms with Crippen molar-refractivity contribution in [1.29, 1.82) is 0 Å². The Morgan fingerprint density at radius 2 is 2.05 bits per heavy atom. The van der Waals surface area contributed by atoms with Crippen LogP contribution in [-0.2, 0) is 6.54 Å². The first-order chi connectivity index (χ1) is 10.4. The summed E-state index contributed by atoms with van der Waals surface area (Å²) in [7, 11) is 0. The molecule has 3 nitrogen and oxygen atoms in total. The number of anilines is 1. The van der Waals surface area contributed by atoms with Gasteiger partial charge < -0.3 is 5.32 Å². The molecule has 1 aliphatic heterocycles. The highest BCUT2D eigenvalue weighted by Gasteiger charge is 2.32. The van der Waals surface area contributed by atoms with Crippen LogP contribution >= 0.6 is 0 Å². The monoisotopic (exact) mass is 287 g/mol. The van der Waals surface area contributed by atoms with Crippen molar-refractivity contribution in [3.63, 3.8) is 0 Å². The fraction of sp³-hybridized carbons (Fsp3) is 0.722. The number of aromatic nitrogens is 1. The average molecular weight is 287 g/mol. The van der Waals surface area contributed by atoms with Gasteiger partial charge in [-0.15, -0.1) is 0 Å². The van der Waals surface area contributed by atoms with E-state index in [2.05, 4.69) is 40.5 Å². The highest BCUT2D eigenvalue weighted by molar-refractivity contribution is 5.35. The van der Waals surface area contributed by atoms with Gasteiger partial charge in [-0.05, 0) is 56.2 Å². The molecule has 0 aromatic carbocycles. The molecule has 1 saturated heterocycles. The summed E-state index contributed by atoms with van der Waals surface area (Å²) < 4.78 is 0. The molecule has 2 aliphatic rings. The van der Waals surface area contributed by atoms with E-state index in [1.54, 1.807) is 0 Å². The molecule has 1 N–H and O–H groups in total. The third-order valence-electron chi connectivity index (χ3n) is 5.12. The maximum absolute atomic E-state index is 4.54. The predicted molar refractivity (Wildman–Crippen MR) is 88.4 cm³/mol. The Morgan fingerprint density at radius 1 is 1.19 bits per heavy atom. The zero-order valence-electron chi connectivity index (χ0n) is 13.4. The molecule has 21 heavy (non-hydrogen) atoms. The van der Waals surface area contributed by atoms with Gasteiger partial charge in [0.05, 0.1) is 0 Å². The molecule has 0 radical (unpaired) electrons. The smallest absolute Gasteiger partial charge is 0.125 e. The summed E-state index contributed by atoms with van der Waals surface area (Å²) in [5.41, 5.74) is 1.36. The molecule has 0 spiro atoms. The van der Waals surface area contributed by atoms with Crippen molar-refractivity contribution in [1.82, 2.24) is 9.88 Å². The van der Waals surface area contributed by atoms with Gasteiger partial charge in [0.25, 0.3) is 0 Å². The lowest BCUT2D eigenvalue weighted by Crippen LogP contribution is -2.34.